The Morgan fingerprint density at radius 1 is 1.32 bits per heavy atom. The standard InChI is InChI=1S/C19H21N5O4/c1-11-16(12(2)23(3)22-11)20-15(25)10-24-17(26)19(21-18(24)27)8-9-28-14-7-5-4-6-13(14)19/h4-7H,8-10H2,1-3H3,(H,20,25)(H,21,27). The van der Waals surface area contributed by atoms with E-state index in [1.54, 1.807) is 36.9 Å². The monoisotopic (exact) mass is 383 g/mol. The van der Waals surface area contributed by atoms with Crippen LogP contribution in [0.2, 0.25) is 0 Å². The second-order valence-corrected chi connectivity index (χ2v) is 7.04. The van der Waals surface area contributed by atoms with Crippen LogP contribution in [0.4, 0.5) is 10.5 Å². The molecular formula is C19H21N5O4. The molecule has 2 N–H and O–H groups in total. The molecule has 0 saturated carbocycles. The SMILES string of the molecule is Cc1nn(C)c(C)c1NC(=O)CN1C(=O)NC2(CCOc3ccccc32)C1=O. The summed E-state index contributed by atoms with van der Waals surface area (Å²) in [5.74, 6) is -0.335. The van der Waals surface area contributed by atoms with Crippen LogP contribution in [-0.4, -0.2) is 45.7 Å². The molecule has 146 valence electrons. The number of hydrogen-bond acceptors (Lipinski definition) is 5. The van der Waals surface area contributed by atoms with E-state index in [-0.39, 0.29) is 6.54 Å². The van der Waals surface area contributed by atoms with Gasteiger partial charge in [0.2, 0.25) is 5.91 Å². The lowest BCUT2D eigenvalue weighted by Crippen LogP contribution is -2.48. The highest BCUT2D eigenvalue weighted by Crippen LogP contribution is 2.40. The van der Waals surface area contributed by atoms with Crippen LogP contribution in [0.5, 0.6) is 5.75 Å². The average Bonchev–Trinajstić information content (AvgIpc) is 3.04. The van der Waals surface area contributed by atoms with Gasteiger partial charge in [-0.1, -0.05) is 18.2 Å². The van der Waals surface area contributed by atoms with E-state index in [4.69, 9.17) is 4.74 Å². The minimum absolute atomic E-state index is 0.303. The molecule has 1 fully saturated rings. The highest BCUT2D eigenvalue weighted by atomic mass is 16.5. The van der Waals surface area contributed by atoms with E-state index in [0.717, 1.165) is 10.6 Å². The number of amides is 4. The Hall–Kier alpha value is -3.36. The van der Waals surface area contributed by atoms with Crippen LogP contribution in [0.15, 0.2) is 24.3 Å². The van der Waals surface area contributed by atoms with Gasteiger partial charge in [0, 0.05) is 19.0 Å². The summed E-state index contributed by atoms with van der Waals surface area (Å²) in [6.07, 6.45) is 0.313. The van der Waals surface area contributed by atoms with Crippen LogP contribution < -0.4 is 15.4 Å². The van der Waals surface area contributed by atoms with Crippen molar-refractivity contribution in [2.45, 2.75) is 25.8 Å². The molecule has 1 aromatic heterocycles. The number of benzene rings is 1. The number of aromatic nitrogens is 2. The average molecular weight is 383 g/mol. The van der Waals surface area contributed by atoms with Gasteiger partial charge in [-0.05, 0) is 19.9 Å². The number of para-hydroxylation sites is 1. The molecular weight excluding hydrogens is 362 g/mol. The number of fused-ring (bicyclic) bond motifs is 2. The summed E-state index contributed by atoms with van der Waals surface area (Å²) < 4.78 is 7.27. The second-order valence-electron chi connectivity index (χ2n) is 7.04. The molecule has 1 atom stereocenters. The molecule has 2 aliphatic rings. The second kappa shape index (κ2) is 6.36. The highest BCUT2D eigenvalue weighted by molar-refractivity contribution is 6.10. The summed E-state index contributed by atoms with van der Waals surface area (Å²) in [6.45, 7) is 3.54. The zero-order valence-corrected chi connectivity index (χ0v) is 15.9. The van der Waals surface area contributed by atoms with Gasteiger partial charge in [-0.25, -0.2) is 4.79 Å². The van der Waals surface area contributed by atoms with Crippen molar-refractivity contribution in [2.75, 3.05) is 18.5 Å². The molecule has 1 spiro atoms. The van der Waals surface area contributed by atoms with Crippen molar-refractivity contribution in [1.29, 1.82) is 0 Å². The van der Waals surface area contributed by atoms with Gasteiger partial charge in [-0.2, -0.15) is 5.10 Å². The lowest BCUT2D eigenvalue weighted by atomic mass is 9.84. The quantitative estimate of drug-likeness (QED) is 0.775. The van der Waals surface area contributed by atoms with Crippen LogP contribution in [0, 0.1) is 13.8 Å². The van der Waals surface area contributed by atoms with Gasteiger partial charge >= 0.3 is 6.03 Å². The molecule has 28 heavy (non-hydrogen) atoms. The summed E-state index contributed by atoms with van der Waals surface area (Å²) >= 11 is 0. The van der Waals surface area contributed by atoms with E-state index in [2.05, 4.69) is 15.7 Å². The maximum absolute atomic E-state index is 13.2. The number of carbonyl (C=O) groups is 3. The van der Waals surface area contributed by atoms with Crippen molar-refractivity contribution >= 4 is 23.5 Å². The zero-order chi connectivity index (χ0) is 20.1. The number of urea groups is 1. The molecule has 4 rings (SSSR count). The number of anilines is 1. The van der Waals surface area contributed by atoms with E-state index in [0.29, 0.717) is 35.7 Å². The number of imide groups is 1. The van der Waals surface area contributed by atoms with E-state index in [1.165, 1.54) is 0 Å². The van der Waals surface area contributed by atoms with Gasteiger partial charge in [-0.3, -0.25) is 19.2 Å². The molecule has 9 heteroatoms. The number of nitrogens with zero attached hydrogens (tertiary/aromatic N) is 3. The number of hydrogen-bond donors (Lipinski definition) is 2. The Labute approximate surface area is 161 Å². The topological polar surface area (TPSA) is 106 Å². The Morgan fingerprint density at radius 2 is 2.07 bits per heavy atom. The molecule has 3 heterocycles. The third-order valence-electron chi connectivity index (χ3n) is 5.33. The predicted octanol–water partition coefficient (Wildman–Crippen LogP) is 1.21. The van der Waals surface area contributed by atoms with Gasteiger partial charge in [0.05, 0.1) is 23.7 Å². The molecule has 4 amide bonds. The molecule has 0 bridgehead atoms. The molecule has 0 radical (unpaired) electrons. The number of aryl methyl sites for hydroxylation is 2. The van der Waals surface area contributed by atoms with Crippen molar-refractivity contribution in [3.8, 4) is 5.75 Å². The Balaban J connectivity index is 1.57. The van der Waals surface area contributed by atoms with Crippen molar-refractivity contribution in [1.82, 2.24) is 20.0 Å². The van der Waals surface area contributed by atoms with E-state index >= 15 is 0 Å². The molecule has 1 unspecified atom stereocenters. The first-order valence-corrected chi connectivity index (χ1v) is 9.00. The predicted molar refractivity (Wildman–Crippen MR) is 99.8 cm³/mol. The van der Waals surface area contributed by atoms with Crippen molar-refractivity contribution in [3.63, 3.8) is 0 Å². The smallest absolute Gasteiger partial charge is 0.325 e. The third-order valence-corrected chi connectivity index (χ3v) is 5.33. The van der Waals surface area contributed by atoms with Crippen molar-refractivity contribution in [2.24, 2.45) is 7.05 Å². The maximum atomic E-state index is 13.2. The first-order valence-electron chi connectivity index (χ1n) is 9.00. The van der Waals surface area contributed by atoms with E-state index in [1.807, 2.05) is 13.0 Å². The number of carbonyl (C=O) groups excluding carboxylic acids is 3. The molecule has 0 aliphatic carbocycles. The van der Waals surface area contributed by atoms with Gasteiger partial charge in [0.15, 0.2) is 5.54 Å². The minimum Gasteiger partial charge on any atom is -0.493 e. The summed E-state index contributed by atoms with van der Waals surface area (Å²) in [7, 11) is 1.78. The molecule has 2 aromatic rings. The van der Waals surface area contributed by atoms with E-state index < -0.39 is 23.4 Å². The van der Waals surface area contributed by atoms with Gasteiger partial charge in [0.25, 0.3) is 5.91 Å². The largest absolute Gasteiger partial charge is 0.493 e. The molecule has 2 aliphatic heterocycles. The van der Waals surface area contributed by atoms with Crippen LogP contribution in [-0.2, 0) is 22.2 Å². The highest BCUT2D eigenvalue weighted by Gasteiger charge is 2.55. The minimum atomic E-state index is -1.19. The first-order chi connectivity index (χ1) is 13.3. The van der Waals surface area contributed by atoms with Crippen molar-refractivity contribution < 1.29 is 19.1 Å². The van der Waals surface area contributed by atoms with E-state index in [9.17, 15) is 14.4 Å². The van der Waals surface area contributed by atoms with Crippen molar-refractivity contribution in [3.05, 3.63) is 41.2 Å². The Bertz CT molecular complexity index is 998. The van der Waals surface area contributed by atoms with Crippen LogP contribution >= 0.6 is 0 Å². The molecule has 9 nitrogen and oxygen atoms in total. The van der Waals surface area contributed by atoms with Gasteiger partial charge in [-0.15, -0.1) is 0 Å². The third kappa shape index (κ3) is 2.62. The summed E-state index contributed by atoms with van der Waals surface area (Å²) in [4.78, 5) is 39.2. The van der Waals surface area contributed by atoms with Crippen LogP contribution in [0.25, 0.3) is 0 Å². The number of nitrogens with one attached hydrogen (secondary N) is 2. The fourth-order valence-electron chi connectivity index (χ4n) is 3.79. The molecule has 1 aromatic carbocycles. The number of rotatable bonds is 3. The van der Waals surface area contributed by atoms with Gasteiger partial charge < -0.3 is 15.4 Å². The fourth-order valence-corrected chi connectivity index (χ4v) is 3.79. The summed E-state index contributed by atoms with van der Waals surface area (Å²) in [5.41, 5.74) is 1.47. The molecule has 1 saturated heterocycles. The normalized spacial score (nSPS) is 20.8. The fraction of sp³-hybridized carbons (Fsp3) is 0.368. The lowest BCUT2D eigenvalue weighted by Gasteiger charge is -2.33. The maximum Gasteiger partial charge on any atom is 0.325 e. The Morgan fingerprint density at radius 3 is 2.79 bits per heavy atom. The lowest BCUT2D eigenvalue weighted by molar-refractivity contribution is -0.135. The zero-order valence-electron chi connectivity index (χ0n) is 15.9. The number of ether oxygens (including phenoxy) is 1. The van der Waals surface area contributed by atoms with Crippen LogP contribution in [0.1, 0.15) is 23.4 Å². The van der Waals surface area contributed by atoms with Crippen LogP contribution in [0.3, 0.4) is 0 Å². The Kier molecular flexibility index (Phi) is 4.10. The van der Waals surface area contributed by atoms with Gasteiger partial charge in [0.1, 0.15) is 12.3 Å². The summed E-state index contributed by atoms with van der Waals surface area (Å²) in [6, 6.07) is 6.54. The summed E-state index contributed by atoms with van der Waals surface area (Å²) in [5, 5.41) is 9.79. The first kappa shape index (κ1) is 18.0.